The lowest BCUT2D eigenvalue weighted by atomic mass is 10.2. The van der Waals surface area contributed by atoms with E-state index in [1.54, 1.807) is 0 Å². The third-order valence-corrected chi connectivity index (χ3v) is 4.27. The molecule has 0 radical (unpaired) electrons. The van der Waals surface area contributed by atoms with E-state index >= 15 is 0 Å². The van der Waals surface area contributed by atoms with Gasteiger partial charge in [-0.15, -0.1) is 0 Å². The lowest BCUT2D eigenvalue weighted by Crippen LogP contribution is -1.82. The number of hydrogen-bond donors (Lipinski definition) is 2. The van der Waals surface area contributed by atoms with Crippen LogP contribution in [0, 0.1) is 3.57 Å². The molecule has 1 heterocycles. The van der Waals surface area contributed by atoms with Gasteiger partial charge in [0.25, 0.3) is 0 Å². The minimum atomic E-state index is 0.721. The molecule has 3 nitrogen and oxygen atoms in total. The molecule has 0 aliphatic carbocycles. The number of aromatic nitrogens is 2. The van der Waals surface area contributed by atoms with Crippen LogP contribution in [0.2, 0.25) is 5.02 Å². The monoisotopic (exact) mass is 369 g/mol. The SMILES string of the molecule is Nc1ccc2nc(-c3ccc(I)c(Cl)c3)[nH]c2c1. The van der Waals surface area contributed by atoms with Crippen LogP contribution >= 0.6 is 34.2 Å². The molecule has 0 unspecified atom stereocenters. The maximum atomic E-state index is 6.12. The molecule has 0 atom stereocenters. The van der Waals surface area contributed by atoms with Crippen molar-refractivity contribution in [3.8, 4) is 11.4 Å². The molecule has 0 saturated carbocycles. The summed E-state index contributed by atoms with van der Waals surface area (Å²) in [5.74, 6) is 0.800. The molecule has 0 amide bonds. The Morgan fingerprint density at radius 2 is 2.00 bits per heavy atom. The fourth-order valence-corrected chi connectivity index (χ4v) is 2.32. The Labute approximate surface area is 123 Å². The van der Waals surface area contributed by atoms with Crippen molar-refractivity contribution in [3.63, 3.8) is 0 Å². The Bertz CT molecular complexity index is 736. The summed E-state index contributed by atoms with van der Waals surface area (Å²) in [4.78, 5) is 7.77. The number of anilines is 1. The van der Waals surface area contributed by atoms with Crippen LogP contribution in [0.25, 0.3) is 22.4 Å². The van der Waals surface area contributed by atoms with E-state index < -0.39 is 0 Å². The zero-order valence-corrected chi connectivity index (χ0v) is 12.2. The predicted molar refractivity (Wildman–Crippen MR) is 83.7 cm³/mol. The maximum absolute atomic E-state index is 6.12. The molecule has 1 aromatic heterocycles. The number of nitrogens with zero attached hydrogens (tertiary/aromatic N) is 1. The lowest BCUT2D eigenvalue weighted by Gasteiger charge is -1.99. The van der Waals surface area contributed by atoms with Gasteiger partial charge in [0.15, 0.2) is 0 Å². The first kappa shape index (κ1) is 11.8. The molecule has 0 aliphatic rings. The number of hydrogen-bond acceptors (Lipinski definition) is 2. The third kappa shape index (κ3) is 2.06. The van der Waals surface area contributed by atoms with Crippen molar-refractivity contribution in [2.75, 3.05) is 5.73 Å². The van der Waals surface area contributed by atoms with Crippen LogP contribution in [-0.2, 0) is 0 Å². The Kier molecular flexibility index (Phi) is 2.91. The number of aromatic amines is 1. The van der Waals surface area contributed by atoms with E-state index in [-0.39, 0.29) is 0 Å². The van der Waals surface area contributed by atoms with Gasteiger partial charge in [-0.25, -0.2) is 4.98 Å². The minimum Gasteiger partial charge on any atom is -0.399 e. The summed E-state index contributed by atoms with van der Waals surface area (Å²) in [5.41, 5.74) is 9.26. The van der Waals surface area contributed by atoms with Gasteiger partial charge in [0.2, 0.25) is 0 Å². The van der Waals surface area contributed by atoms with Gasteiger partial charge < -0.3 is 10.7 Å². The van der Waals surface area contributed by atoms with Gasteiger partial charge in [0.1, 0.15) is 5.82 Å². The molecule has 0 aliphatic heterocycles. The molecule has 90 valence electrons. The van der Waals surface area contributed by atoms with Gasteiger partial charge in [-0.3, -0.25) is 0 Å². The standard InChI is InChI=1S/C13H9ClIN3/c14-9-5-7(1-3-10(9)15)13-17-11-4-2-8(16)6-12(11)18-13/h1-6H,16H2,(H,17,18). The highest BCUT2D eigenvalue weighted by Gasteiger charge is 2.07. The molecule has 0 saturated heterocycles. The largest absolute Gasteiger partial charge is 0.399 e. The topological polar surface area (TPSA) is 54.7 Å². The van der Waals surface area contributed by atoms with Gasteiger partial charge >= 0.3 is 0 Å². The predicted octanol–water partition coefficient (Wildman–Crippen LogP) is 4.07. The number of fused-ring (bicyclic) bond motifs is 1. The molecule has 2 aromatic carbocycles. The van der Waals surface area contributed by atoms with Crippen LogP contribution in [0.4, 0.5) is 5.69 Å². The number of nitrogens with two attached hydrogens (primary N) is 1. The third-order valence-electron chi connectivity index (χ3n) is 2.70. The van der Waals surface area contributed by atoms with Crippen LogP contribution in [0.1, 0.15) is 0 Å². The highest BCUT2D eigenvalue weighted by atomic mass is 127. The number of H-pyrrole nitrogens is 1. The van der Waals surface area contributed by atoms with E-state index in [9.17, 15) is 0 Å². The molecule has 0 bridgehead atoms. The smallest absolute Gasteiger partial charge is 0.138 e. The fourth-order valence-electron chi connectivity index (χ4n) is 1.81. The molecular formula is C13H9ClIN3. The summed E-state index contributed by atoms with van der Waals surface area (Å²) in [5, 5.41) is 0.730. The normalized spacial score (nSPS) is 11.0. The van der Waals surface area contributed by atoms with Crippen molar-refractivity contribution in [2.24, 2.45) is 0 Å². The van der Waals surface area contributed by atoms with E-state index in [1.165, 1.54) is 0 Å². The van der Waals surface area contributed by atoms with Gasteiger partial charge in [-0.2, -0.15) is 0 Å². The summed E-state index contributed by atoms with van der Waals surface area (Å²) in [6, 6.07) is 11.5. The number of imidazole rings is 1. The van der Waals surface area contributed by atoms with Crippen molar-refractivity contribution in [1.82, 2.24) is 9.97 Å². The van der Waals surface area contributed by atoms with Crippen molar-refractivity contribution in [3.05, 3.63) is 45.0 Å². The lowest BCUT2D eigenvalue weighted by molar-refractivity contribution is 1.33. The van der Waals surface area contributed by atoms with Crippen LogP contribution in [-0.4, -0.2) is 9.97 Å². The first-order valence-electron chi connectivity index (χ1n) is 5.34. The van der Waals surface area contributed by atoms with Crippen LogP contribution < -0.4 is 5.73 Å². The highest BCUT2D eigenvalue weighted by molar-refractivity contribution is 14.1. The Morgan fingerprint density at radius 3 is 2.78 bits per heavy atom. The quantitative estimate of drug-likeness (QED) is 0.502. The maximum Gasteiger partial charge on any atom is 0.138 e. The molecule has 3 rings (SSSR count). The molecule has 3 aromatic rings. The molecule has 18 heavy (non-hydrogen) atoms. The molecular weight excluding hydrogens is 361 g/mol. The Hall–Kier alpha value is -1.27. The average Bonchev–Trinajstić information content (AvgIpc) is 2.75. The summed E-state index contributed by atoms with van der Waals surface area (Å²) in [7, 11) is 0. The molecule has 0 spiro atoms. The first-order valence-corrected chi connectivity index (χ1v) is 6.80. The van der Waals surface area contributed by atoms with E-state index in [1.807, 2.05) is 36.4 Å². The fraction of sp³-hybridized carbons (Fsp3) is 0. The second kappa shape index (κ2) is 4.44. The van der Waals surface area contributed by atoms with E-state index in [4.69, 9.17) is 17.3 Å². The Morgan fingerprint density at radius 1 is 1.17 bits per heavy atom. The van der Waals surface area contributed by atoms with E-state index in [0.29, 0.717) is 0 Å². The first-order chi connectivity index (χ1) is 8.63. The van der Waals surface area contributed by atoms with Crippen LogP contribution in [0.3, 0.4) is 0 Å². The van der Waals surface area contributed by atoms with Gasteiger partial charge in [-0.05, 0) is 52.9 Å². The van der Waals surface area contributed by atoms with Crippen molar-refractivity contribution in [2.45, 2.75) is 0 Å². The number of nitrogens with one attached hydrogen (secondary N) is 1. The zero-order valence-electron chi connectivity index (χ0n) is 9.24. The Balaban J connectivity index is 2.16. The molecule has 3 N–H and O–H groups in total. The molecule has 5 heteroatoms. The van der Waals surface area contributed by atoms with E-state index in [0.717, 1.165) is 36.7 Å². The highest BCUT2D eigenvalue weighted by Crippen LogP contribution is 2.26. The van der Waals surface area contributed by atoms with Crippen molar-refractivity contribution < 1.29 is 0 Å². The summed E-state index contributed by atoms with van der Waals surface area (Å²) in [6.07, 6.45) is 0. The number of halogens is 2. The van der Waals surface area contributed by atoms with Crippen molar-refractivity contribution >= 4 is 50.9 Å². The van der Waals surface area contributed by atoms with Crippen LogP contribution in [0.5, 0.6) is 0 Å². The molecule has 0 fully saturated rings. The number of nitrogen functional groups attached to an aromatic ring is 1. The number of benzene rings is 2. The van der Waals surface area contributed by atoms with Gasteiger partial charge in [-0.1, -0.05) is 17.7 Å². The van der Waals surface area contributed by atoms with Crippen LogP contribution in [0.15, 0.2) is 36.4 Å². The van der Waals surface area contributed by atoms with E-state index in [2.05, 4.69) is 32.6 Å². The van der Waals surface area contributed by atoms with Gasteiger partial charge in [0.05, 0.1) is 16.1 Å². The second-order valence-corrected chi connectivity index (χ2v) is 5.56. The minimum absolute atomic E-state index is 0.721. The summed E-state index contributed by atoms with van der Waals surface area (Å²) in [6.45, 7) is 0. The van der Waals surface area contributed by atoms with Gasteiger partial charge in [0, 0.05) is 14.8 Å². The summed E-state index contributed by atoms with van der Waals surface area (Å²) < 4.78 is 1.03. The zero-order chi connectivity index (χ0) is 12.7. The number of rotatable bonds is 1. The second-order valence-electron chi connectivity index (χ2n) is 3.99. The summed E-state index contributed by atoms with van der Waals surface area (Å²) >= 11 is 8.32. The van der Waals surface area contributed by atoms with Crippen molar-refractivity contribution in [1.29, 1.82) is 0 Å². The average molecular weight is 370 g/mol.